The minimum atomic E-state index is -3.84. The van der Waals surface area contributed by atoms with Crippen molar-refractivity contribution in [1.82, 2.24) is 4.31 Å². The molecule has 3 aromatic carbocycles. The fourth-order valence-electron chi connectivity index (χ4n) is 3.98. The zero-order valence-corrected chi connectivity index (χ0v) is 19.0. The third-order valence-corrected chi connectivity index (χ3v) is 7.63. The minimum Gasteiger partial charge on any atom is -0.497 e. The van der Waals surface area contributed by atoms with Crippen molar-refractivity contribution >= 4 is 10.0 Å². The van der Waals surface area contributed by atoms with Gasteiger partial charge in [-0.25, -0.2) is 8.42 Å². The molecule has 6 heteroatoms. The minimum absolute atomic E-state index is 0.238. The summed E-state index contributed by atoms with van der Waals surface area (Å²) in [5, 5.41) is 0. The molecule has 0 saturated carbocycles. The molecule has 0 spiro atoms. The summed E-state index contributed by atoms with van der Waals surface area (Å²) in [6.45, 7) is 5.89. The van der Waals surface area contributed by atoms with Crippen LogP contribution in [0.15, 0.2) is 96.4 Å². The molecule has 32 heavy (non-hydrogen) atoms. The maximum atomic E-state index is 13.8. The quantitative estimate of drug-likeness (QED) is 0.472. The van der Waals surface area contributed by atoms with Crippen LogP contribution in [-0.2, 0) is 14.8 Å². The summed E-state index contributed by atoms with van der Waals surface area (Å²) < 4.78 is 40.7. The van der Waals surface area contributed by atoms with Crippen LogP contribution >= 0.6 is 0 Å². The van der Waals surface area contributed by atoms with Gasteiger partial charge in [-0.1, -0.05) is 66.2 Å². The monoisotopic (exact) mass is 449 g/mol. The van der Waals surface area contributed by atoms with E-state index in [4.69, 9.17) is 9.47 Å². The molecule has 0 aromatic heterocycles. The normalized spacial score (nSPS) is 21.8. The number of hydrogen-bond acceptors (Lipinski definition) is 4. The van der Waals surface area contributed by atoms with Gasteiger partial charge in [-0.05, 0) is 48.7 Å². The predicted molar refractivity (Wildman–Crippen MR) is 125 cm³/mol. The lowest BCUT2D eigenvalue weighted by Gasteiger charge is -2.43. The van der Waals surface area contributed by atoms with Gasteiger partial charge in [0.05, 0.1) is 18.1 Å². The molecule has 1 fully saturated rings. The van der Waals surface area contributed by atoms with E-state index in [1.165, 1.54) is 4.31 Å². The van der Waals surface area contributed by atoms with Gasteiger partial charge >= 0.3 is 0 Å². The molecule has 0 N–H and O–H groups in total. The van der Waals surface area contributed by atoms with Crippen LogP contribution in [0.2, 0.25) is 0 Å². The lowest BCUT2D eigenvalue weighted by Crippen LogP contribution is -2.47. The van der Waals surface area contributed by atoms with Crippen molar-refractivity contribution in [3.63, 3.8) is 0 Å². The maximum absolute atomic E-state index is 13.8. The van der Waals surface area contributed by atoms with Crippen molar-refractivity contribution in [2.75, 3.05) is 7.11 Å². The molecule has 3 atom stereocenters. The Kier molecular flexibility index (Phi) is 6.46. The topological polar surface area (TPSA) is 55.8 Å². The van der Waals surface area contributed by atoms with Crippen molar-refractivity contribution in [2.24, 2.45) is 0 Å². The van der Waals surface area contributed by atoms with Crippen LogP contribution in [0.3, 0.4) is 0 Å². The van der Waals surface area contributed by atoms with E-state index in [1.807, 2.05) is 61.5 Å². The standard InChI is InChI=1S/C26H27NO4S/c1-4-22-18-25(20-12-14-23(30-3)15-13-20)31-26(21-8-6-5-7-9-21)27(22)32(28,29)24-16-10-19(2)11-17-24/h4-17,22,25-26H,1,18H2,2-3H3. The Balaban J connectivity index is 1.77. The Bertz CT molecular complexity index is 1160. The SMILES string of the molecule is C=CC1CC(c2ccc(OC)cc2)OC(c2ccccc2)N1S(=O)(=O)c1ccc(C)cc1. The van der Waals surface area contributed by atoms with Crippen LogP contribution in [0.5, 0.6) is 5.75 Å². The first-order valence-corrected chi connectivity index (χ1v) is 11.9. The van der Waals surface area contributed by atoms with Gasteiger partial charge in [0.25, 0.3) is 0 Å². The van der Waals surface area contributed by atoms with Crippen molar-refractivity contribution in [1.29, 1.82) is 0 Å². The lowest BCUT2D eigenvalue weighted by atomic mass is 9.98. The zero-order chi connectivity index (χ0) is 22.7. The molecule has 1 heterocycles. The largest absolute Gasteiger partial charge is 0.497 e. The summed E-state index contributed by atoms with van der Waals surface area (Å²) in [5.74, 6) is 0.757. The predicted octanol–water partition coefficient (Wildman–Crippen LogP) is 5.41. The number of ether oxygens (including phenoxy) is 2. The van der Waals surface area contributed by atoms with Crippen molar-refractivity contribution in [3.8, 4) is 5.75 Å². The third kappa shape index (κ3) is 4.35. The second-order valence-electron chi connectivity index (χ2n) is 7.85. The summed E-state index contributed by atoms with van der Waals surface area (Å²) in [7, 11) is -2.21. The molecule has 0 amide bonds. The van der Waals surface area contributed by atoms with Gasteiger partial charge in [0.1, 0.15) is 5.75 Å². The van der Waals surface area contributed by atoms with Crippen LogP contribution in [0, 0.1) is 6.92 Å². The molecule has 3 aromatic rings. The van der Waals surface area contributed by atoms with Gasteiger partial charge < -0.3 is 9.47 Å². The van der Waals surface area contributed by atoms with Crippen LogP contribution in [0.1, 0.15) is 35.4 Å². The Morgan fingerprint density at radius 3 is 2.22 bits per heavy atom. The Labute approximate surface area is 190 Å². The summed E-state index contributed by atoms with van der Waals surface area (Å²) in [5.41, 5.74) is 2.73. The fourth-order valence-corrected chi connectivity index (χ4v) is 5.66. The molecular formula is C26H27NO4S. The van der Waals surface area contributed by atoms with E-state index >= 15 is 0 Å². The average molecular weight is 450 g/mol. The van der Waals surface area contributed by atoms with Gasteiger partial charge in [0, 0.05) is 6.04 Å². The molecule has 0 bridgehead atoms. The number of aryl methyl sites for hydroxylation is 1. The van der Waals surface area contributed by atoms with Crippen LogP contribution < -0.4 is 4.74 Å². The Morgan fingerprint density at radius 1 is 0.969 bits per heavy atom. The molecule has 0 radical (unpaired) electrons. The highest BCUT2D eigenvalue weighted by molar-refractivity contribution is 7.89. The smallest absolute Gasteiger partial charge is 0.246 e. The van der Waals surface area contributed by atoms with Gasteiger partial charge in [-0.3, -0.25) is 0 Å². The molecule has 5 nitrogen and oxygen atoms in total. The molecule has 3 unspecified atom stereocenters. The second-order valence-corrected chi connectivity index (χ2v) is 9.69. The van der Waals surface area contributed by atoms with Crippen LogP contribution in [-0.4, -0.2) is 25.9 Å². The second kappa shape index (κ2) is 9.28. The summed E-state index contributed by atoms with van der Waals surface area (Å²) in [6.07, 6.45) is 1.08. The highest BCUT2D eigenvalue weighted by atomic mass is 32.2. The van der Waals surface area contributed by atoms with Crippen molar-refractivity contribution in [3.05, 3.63) is 108 Å². The van der Waals surface area contributed by atoms with E-state index in [-0.39, 0.29) is 11.0 Å². The number of rotatable bonds is 6. The summed E-state index contributed by atoms with van der Waals surface area (Å²) >= 11 is 0. The molecule has 0 aliphatic carbocycles. The van der Waals surface area contributed by atoms with E-state index in [1.54, 1.807) is 37.5 Å². The van der Waals surface area contributed by atoms with Crippen molar-refractivity contribution in [2.45, 2.75) is 36.6 Å². The summed E-state index contributed by atoms with van der Waals surface area (Å²) in [4.78, 5) is 0.238. The molecular weight excluding hydrogens is 422 g/mol. The van der Waals surface area contributed by atoms with E-state index in [0.717, 1.165) is 22.4 Å². The Morgan fingerprint density at radius 2 is 1.62 bits per heavy atom. The lowest BCUT2D eigenvalue weighted by molar-refractivity contribution is -0.125. The van der Waals surface area contributed by atoms with Crippen LogP contribution in [0.4, 0.5) is 0 Å². The first kappa shape index (κ1) is 22.3. The number of methoxy groups -OCH3 is 1. The third-order valence-electron chi connectivity index (χ3n) is 5.75. The highest BCUT2D eigenvalue weighted by Gasteiger charge is 2.44. The number of nitrogens with zero attached hydrogens (tertiary/aromatic N) is 1. The number of sulfonamides is 1. The summed E-state index contributed by atoms with van der Waals surface area (Å²) in [6, 6.07) is 23.6. The van der Waals surface area contributed by atoms with Crippen LogP contribution in [0.25, 0.3) is 0 Å². The number of benzene rings is 3. The van der Waals surface area contributed by atoms with Gasteiger partial charge in [-0.2, -0.15) is 4.31 Å². The van der Waals surface area contributed by atoms with Gasteiger partial charge in [-0.15, -0.1) is 6.58 Å². The number of hydrogen-bond donors (Lipinski definition) is 0. The first-order valence-electron chi connectivity index (χ1n) is 10.5. The fraction of sp³-hybridized carbons (Fsp3) is 0.231. The first-order chi connectivity index (χ1) is 15.4. The molecule has 1 aliphatic rings. The van der Waals surface area contributed by atoms with Gasteiger partial charge in [0.2, 0.25) is 10.0 Å². The van der Waals surface area contributed by atoms with E-state index in [2.05, 4.69) is 6.58 Å². The highest BCUT2D eigenvalue weighted by Crippen LogP contribution is 2.43. The van der Waals surface area contributed by atoms with E-state index in [9.17, 15) is 8.42 Å². The Hall–Kier alpha value is -2.93. The van der Waals surface area contributed by atoms with Crippen molar-refractivity contribution < 1.29 is 17.9 Å². The zero-order valence-electron chi connectivity index (χ0n) is 18.2. The van der Waals surface area contributed by atoms with E-state index < -0.39 is 22.3 Å². The molecule has 1 saturated heterocycles. The van der Waals surface area contributed by atoms with Gasteiger partial charge in [0.15, 0.2) is 6.23 Å². The molecule has 1 aliphatic heterocycles. The average Bonchev–Trinajstić information content (AvgIpc) is 2.84. The molecule has 4 rings (SSSR count). The molecule has 166 valence electrons. The maximum Gasteiger partial charge on any atom is 0.246 e. The van der Waals surface area contributed by atoms with E-state index in [0.29, 0.717) is 6.42 Å².